The van der Waals surface area contributed by atoms with E-state index in [9.17, 15) is 10.1 Å². The van der Waals surface area contributed by atoms with Crippen molar-refractivity contribution in [2.75, 3.05) is 25.1 Å². The minimum absolute atomic E-state index is 0.170. The molecular formula is C15H24N4OS. The summed E-state index contributed by atoms with van der Waals surface area (Å²) in [5.74, 6) is 0.440. The number of rotatable bonds is 6. The van der Waals surface area contributed by atoms with E-state index in [1.165, 1.54) is 16.2 Å². The fourth-order valence-electron chi connectivity index (χ4n) is 2.07. The highest BCUT2D eigenvalue weighted by atomic mass is 32.1. The number of nitriles is 1. The van der Waals surface area contributed by atoms with E-state index in [-0.39, 0.29) is 17.6 Å². The Morgan fingerprint density at radius 2 is 2.10 bits per heavy atom. The molecule has 1 amide bonds. The second kappa shape index (κ2) is 7.32. The van der Waals surface area contributed by atoms with Crippen LogP contribution in [-0.4, -0.2) is 30.9 Å². The van der Waals surface area contributed by atoms with Gasteiger partial charge in [0.1, 0.15) is 21.5 Å². The molecule has 0 bridgehead atoms. The summed E-state index contributed by atoms with van der Waals surface area (Å²) < 4.78 is 0. The number of carbonyl (C=O) groups excluding carboxylic acids is 1. The third-order valence-electron chi connectivity index (χ3n) is 3.49. The number of nitrogens with two attached hydrogens (primary N) is 1. The smallest absolute Gasteiger partial charge is 0.265 e. The fourth-order valence-corrected chi connectivity index (χ4v) is 3.28. The third-order valence-corrected chi connectivity index (χ3v) is 4.61. The number of anilines is 2. The predicted octanol–water partition coefficient (Wildman–Crippen LogP) is 3.14. The molecule has 3 N–H and O–H groups in total. The Labute approximate surface area is 130 Å². The van der Waals surface area contributed by atoms with E-state index in [1.54, 1.807) is 14.1 Å². The van der Waals surface area contributed by atoms with Crippen molar-refractivity contribution in [3.05, 3.63) is 10.4 Å². The van der Waals surface area contributed by atoms with E-state index in [0.29, 0.717) is 21.4 Å². The Bertz CT molecular complexity index is 545. The Kier molecular flexibility index (Phi) is 6.03. The molecule has 0 aromatic carbocycles. The summed E-state index contributed by atoms with van der Waals surface area (Å²) >= 11 is 1.26. The largest absolute Gasteiger partial charge is 0.396 e. The van der Waals surface area contributed by atoms with E-state index in [0.717, 1.165) is 12.8 Å². The summed E-state index contributed by atoms with van der Waals surface area (Å²) in [6, 6.07) is 2.33. The maximum atomic E-state index is 12.1. The molecule has 0 saturated heterocycles. The molecule has 0 spiro atoms. The quantitative estimate of drug-likeness (QED) is 0.845. The topological polar surface area (TPSA) is 82.2 Å². The van der Waals surface area contributed by atoms with Gasteiger partial charge in [-0.05, 0) is 19.3 Å². The Morgan fingerprint density at radius 1 is 1.48 bits per heavy atom. The summed E-state index contributed by atoms with van der Waals surface area (Å²) in [4.78, 5) is 14.0. The molecule has 2 unspecified atom stereocenters. The zero-order valence-electron chi connectivity index (χ0n) is 13.4. The van der Waals surface area contributed by atoms with Gasteiger partial charge in [0.15, 0.2) is 0 Å². The second-order valence-corrected chi connectivity index (χ2v) is 6.68. The van der Waals surface area contributed by atoms with E-state index in [1.807, 2.05) is 0 Å². The van der Waals surface area contributed by atoms with E-state index in [2.05, 4.69) is 32.2 Å². The molecule has 6 heteroatoms. The van der Waals surface area contributed by atoms with Crippen LogP contribution in [0.1, 0.15) is 48.8 Å². The molecule has 2 atom stereocenters. The Morgan fingerprint density at radius 3 is 2.57 bits per heavy atom. The molecule has 1 aromatic heterocycles. The molecule has 1 heterocycles. The first kappa shape index (κ1) is 17.3. The molecule has 21 heavy (non-hydrogen) atoms. The van der Waals surface area contributed by atoms with Crippen LogP contribution in [0.25, 0.3) is 0 Å². The lowest BCUT2D eigenvalue weighted by atomic mass is 10.0. The van der Waals surface area contributed by atoms with Crippen LogP contribution in [0, 0.1) is 17.2 Å². The van der Waals surface area contributed by atoms with Crippen LogP contribution < -0.4 is 11.1 Å². The van der Waals surface area contributed by atoms with Gasteiger partial charge in [0.2, 0.25) is 0 Å². The summed E-state index contributed by atoms with van der Waals surface area (Å²) in [5.41, 5.74) is 6.61. The van der Waals surface area contributed by atoms with Gasteiger partial charge in [-0.3, -0.25) is 4.79 Å². The number of thiophene rings is 1. The number of hydrogen-bond acceptors (Lipinski definition) is 5. The van der Waals surface area contributed by atoms with Crippen LogP contribution in [0.5, 0.6) is 0 Å². The average Bonchev–Trinajstić information content (AvgIpc) is 2.73. The van der Waals surface area contributed by atoms with Gasteiger partial charge >= 0.3 is 0 Å². The number of hydrogen-bond donors (Lipinski definition) is 2. The van der Waals surface area contributed by atoms with Crippen molar-refractivity contribution in [1.82, 2.24) is 4.90 Å². The summed E-state index contributed by atoms with van der Waals surface area (Å²) in [7, 11) is 3.35. The highest BCUT2D eigenvalue weighted by Gasteiger charge is 2.23. The minimum atomic E-state index is -0.170. The first-order valence-electron chi connectivity index (χ1n) is 7.12. The van der Waals surface area contributed by atoms with Crippen LogP contribution in [-0.2, 0) is 0 Å². The molecule has 0 aliphatic rings. The van der Waals surface area contributed by atoms with Crippen molar-refractivity contribution in [2.45, 2.75) is 39.7 Å². The van der Waals surface area contributed by atoms with Gasteiger partial charge in [-0.25, -0.2) is 0 Å². The summed E-state index contributed by atoms with van der Waals surface area (Å²) in [6.07, 6.45) is 2.13. The van der Waals surface area contributed by atoms with Gasteiger partial charge in [0.25, 0.3) is 5.91 Å². The maximum absolute atomic E-state index is 12.1. The number of carbonyl (C=O) groups is 1. The van der Waals surface area contributed by atoms with Gasteiger partial charge in [0.05, 0.1) is 5.69 Å². The van der Waals surface area contributed by atoms with Crippen molar-refractivity contribution in [2.24, 2.45) is 5.92 Å². The second-order valence-electron chi connectivity index (χ2n) is 5.65. The first-order valence-corrected chi connectivity index (χ1v) is 7.93. The van der Waals surface area contributed by atoms with Crippen molar-refractivity contribution in [3.63, 3.8) is 0 Å². The molecule has 0 fully saturated rings. The molecule has 0 aliphatic heterocycles. The lowest BCUT2D eigenvalue weighted by Gasteiger charge is -2.17. The molecule has 5 nitrogen and oxygen atoms in total. The van der Waals surface area contributed by atoms with E-state index in [4.69, 9.17) is 5.73 Å². The summed E-state index contributed by atoms with van der Waals surface area (Å²) in [6.45, 7) is 6.44. The molecule has 0 aliphatic carbocycles. The van der Waals surface area contributed by atoms with Crippen LogP contribution in [0.3, 0.4) is 0 Å². The number of nitrogen functional groups attached to an aromatic ring is 1. The standard InChI is InChI=1S/C15H24N4OS/c1-6-9(2)7-10(3)18-14-11(8-16)12(17)13(21-14)15(20)19(4)5/h9-10,18H,6-7,17H2,1-5H3. The molecule has 1 rings (SSSR count). The van der Waals surface area contributed by atoms with Crippen LogP contribution >= 0.6 is 11.3 Å². The third kappa shape index (κ3) is 4.11. The van der Waals surface area contributed by atoms with Crippen LogP contribution in [0.4, 0.5) is 10.7 Å². The lowest BCUT2D eigenvalue weighted by molar-refractivity contribution is 0.0833. The molecule has 1 aromatic rings. The van der Waals surface area contributed by atoms with Gasteiger partial charge < -0.3 is 16.0 Å². The minimum Gasteiger partial charge on any atom is -0.396 e. The van der Waals surface area contributed by atoms with E-state index < -0.39 is 0 Å². The highest BCUT2D eigenvalue weighted by molar-refractivity contribution is 7.18. The predicted molar refractivity (Wildman–Crippen MR) is 88.6 cm³/mol. The number of nitrogens with one attached hydrogen (secondary N) is 1. The van der Waals surface area contributed by atoms with Gasteiger partial charge in [-0.2, -0.15) is 5.26 Å². The van der Waals surface area contributed by atoms with Crippen molar-refractivity contribution < 1.29 is 4.79 Å². The van der Waals surface area contributed by atoms with Gasteiger partial charge in [-0.1, -0.05) is 20.3 Å². The zero-order chi connectivity index (χ0) is 16.2. The number of nitrogens with zero attached hydrogens (tertiary/aromatic N) is 2. The first-order chi connectivity index (χ1) is 9.81. The SMILES string of the molecule is CCC(C)CC(C)Nc1sc(C(=O)N(C)C)c(N)c1C#N. The Hall–Kier alpha value is -1.74. The fraction of sp³-hybridized carbons (Fsp3) is 0.600. The van der Waals surface area contributed by atoms with Gasteiger partial charge in [-0.15, -0.1) is 11.3 Å². The zero-order valence-corrected chi connectivity index (χ0v) is 14.2. The van der Waals surface area contributed by atoms with Crippen LogP contribution in [0.15, 0.2) is 0 Å². The maximum Gasteiger partial charge on any atom is 0.265 e. The normalized spacial score (nSPS) is 13.3. The monoisotopic (exact) mass is 308 g/mol. The van der Waals surface area contributed by atoms with Crippen molar-refractivity contribution in [3.8, 4) is 6.07 Å². The molecular weight excluding hydrogens is 284 g/mol. The lowest BCUT2D eigenvalue weighted by Crippen LogP contribution is -2.21. The summed E-state index contributed by atoms with van der Waals surface area (Å²) in [5, 5.41) is 13.3. The van der Waals surface area contributed by atoms with Crippen molar-refractivity contribution in [1.29, 1.82) is 5.26 Å². The number of amides is 1. The molecule has 0 saturated carbocycles. The molecule has 116 valence electrons. The van der Waals surface area contributed by atoms with Crippen LogP contribution in [0.2, 0.25) is 0 Å². The average molecular weight is 308 g/mol. The molecule has 0 radical (unpaired) electrons. The van der Waals surface area contributed by atoms with Gasteiger partial charge in [0, 0.05) is 20.1 Å². The Balaban J connectivity index is 3.01. The van der Waals surface area contributed by atoms with Crippen molar-refractivity contribution >= 4 is 27.9 Å². The highest BCUT2D eigenvalue weighted by Crippen LogP contribution is 2.36. The van der Waals surface area contributed by atoms with E-state index >= 15 is 0 Å².